The molecule has 5 heteroatoms. The molecule has 1 saturated heterocycles. The van der Waals surface area contributed by atoms with Crippen molar-refractivity contribution in [2.24, 2.45) is 0 Å². The Balaban J connectivity index is 1.57. The van der Waals surface area contributed by atoms with Gasteiger partial charge in [-0.05, 0) is 47.4 Å². The Morgan fingerprint density at radius 1 is 1.43 bits per heavy atom. The smallest absolute Gasteiger partial charge is 0.267 e. The summed E-state index contributed by atoms with van der Waals surface area (Å²) in [4.78, 5) is 18.2. The number of nitrogens with one attached hydrogen (secondary N) is 2. The first-order valence-corrected chi connectivity index (χ1v) is 9.27. The fourth-order valence-electron chi connectivity index (χ4n) is 3.24. The summed E-state index contributed by atoms with van der Waals surface area (Å²) in [5.74, 6) is -0.00601. The maximum atomic E-state index is 12.5. The van der Waals surface area contributed by atoms with Crippen molar-refractivity contribution in [1.29, 1.82) is 0 Å². The standard InChI is InChI=1S/C18H24BrN3O/c1-2-3-4-9-22-10-8-14(12-22)20-18(23)16-11-13-6-5-7-15(19)17(13)21-16/h5-7,11,14,21H,2-4,8-10,12H2,1H3,(H,20,23)/t14-/m0/s1. The van der Waals surface area contributed by atoms with Crippen LogP contribution < -0.4 is 5.32 Å². The highest BCUT2D eigenvalue weighted by atomic mass is 79.9. The molecule has 1 aromatic heterocycles. The van der Waals surface area contributed by atoms with Gasteiger partial charge >= 0.3 is 0 Å². The van der Waals surface area contributed by atoms with Crippen LogP contribution in [-0.2, 0) is 0 Å². The van der Waals surface area contributed by atoms with Gasteiger partial charge in [-0.3, -0.25) is 4.79 Å². The molecule has 0 bridgehead atoms. The average Bonchev–Trinajstić information content (AvgIpc) is 3.15. The lowest BCUT2D eigenvalue weighted by Crippen LogP contribution is -2.37. The number of fused-ring (bicyclic) bond motifs is 1. The SMILES string of the molecule is CCCCCN1CC[C@H](NC(=O)c2cc3cccc(Br)c3[nH]2)C1. The van der Waals surface area contributed by atoms with Gasteiger partial charge in [-0.15, -0.1) is 0 Å². The van der Waals surface area contributed by atoms with Crippen molar-refractivity contribution >= 4 is 32.7 Å². The van der Waals surface area contributed by atoms with Crippen LogP contribution in [0.3, 0.4) is 0 Å². The summed E-state index contributed by atoms with van der Waals surface area (Å²) in [7, 11) is 0. The topological polar surface area (TPSA) is 48.1 Å². The minimum Gasteiger partial charge on any atom is -0.350 e. The number of benzene rings is 1. The third kappa shape index (κ3) is 3.96. The molecule has 1 aliphatic heterocycles. The molecule has 1 atom stereocenters. The third-order valence-electron chi connectivity index (χ3n) is 4.54. The molecule has 3 rings (SSSR count). The van der Waals surface area contributed by atoms with E-state index in [1.807, 2.05) is 24.3 Å². The van der Waals surface area contributed by atoms with E-state index in [2.05, 4.69) is 38.1 Å². The van der Waals surface area contributed by atoms with Crippen LogP contribution >= 0.6 is 15.9 Å². The third-order valence-corrected chi connectivity index (χ3v) is 5.20. The van der Waals surface area contributed by atoms with Gasteiger partial charge in [0.05, 0.1) is 5.52 Å². The number of likely N-dealkylation sites (tertiary alicyclic amines) is 1. The number of carbonyl (C=O) groups excluding carboxylic acids is 1. The van der Waals surface area contributed by atoms with Crippen molar-refractivity contribution in [1.82, 2.24) is 15.2 Å². The number of carbonyl (C=O) groups is 1. The molecule has 0 radical (unpaired) electrons. The summed E-state index contributed by atoms with van der Waals surface area (Å²) < 4.78 is 0.983. The number of amides is 1. The number of para-hydroxylation sites is 1. The lowest BCUT2D eigenvalue weighted by atomic mass is 10.2. The predicted molar refractivity (Wildman–Crippen MR) is 97.8 cm³/mol. The lowest BCUT2D eigenvalue weighted by molar-refractivity contribution is 0.0933. The van der Waals surface area contributed by atoms with Crippen LogP contribution in [0.25, 0.3) is 10.9 Å². The van der Waals surface area contributed by atoms with Crippen LogP contribution in [0.2, 0.25) is 0 Å². The fourth-order valence-corrected chi connectivity index (χ4v) is 3.72. The summed E-state index contributed by atoms with van der Waals surface area (Å²) >= 11 is 3.52. The lowest BCUT2D eigenvalue weighted by Gasteiger charge is -2.16. The molecule has 1 aliphatic rings. The summed E-state index contributed by atoms with van der Waals surface area (Å²) in [6, 6.07) is 8.15. The molecular weight excluding hydrogens is 354 g/mol. The number of nitrogens with zero attached hydrogens (tertiary/aromatic N) is 1. The zero-order valence-electron chi connectivity index (χ0n) is 13.6. The normalized spacial score (nSPS) is 18.6. The highest BCUT2D eigenvalue weighted by molar-refractivity contribution is 9.10. The number of unbranched alkanes of at least 4 members (excludes halogenated alkanes) is 2. The van der Waals surface area contributed by atoms with Crippen molar-refractivity contribution in [3.8, 4) is 0 Å². The van der Waals surface area contributed by atoms with Gasteiger partial charge in [0.15, 0.2) is 0 Å². The average molecular weight is 378 g/mol. The van der Waals surface area contributed by atoms with Gasteiger partial charge in [0, 0.05) is 29.0 Å². The van der Waals surface area contributed by atoms with E-state index in [1.165, 1.54) is 19.3 Å². The number of hydrogen-bond acceptors (Lipinski definition) is 2. The molecule has 1 amide bonds. The van der Waals surface area contributed by atoms with E-state index < -0.39 is 0 Å². The summed E-state index contributed by atoms with van der Waals surface area (Å²) in [5.41, 5.74) is 1.61. The number of aromatic amines is 1. The summed E-state index contributed by atoms with van der Waals surface area (Å²) in [6.45, 7) is 5.44. The van der Waals surface area contributed by atoms with Gasteiger partial charge in [-0.2, -0.15) is 0 Å². The number of hydrogen-bond donors (Lipinski definition) is 2. The zero-order chi connectivity index (χ0) is 16.2. The summed E-state index contributed by atoms with van der Waals surface area (Å²) in [5, 5.41) is 4.22. The second-order valence-electron chi connectivity index (χ2n) is 6.35. The van der Waals surface area contributed by atoms with E-state index in [9.17, 15) is 4.79 Å². The van der Waals surface area contributed by atoms with E-state index in [-0.39, 0.29) is 11.9 Å². The first-order chi connectivity index (χ1) is 11.2. The number of rotatable bonds is 6. The van der Waals surface area contributed by atoms with Crippen LogP contribution in [-0.4, -0.2) is 41.5 Å². The minimum atomic E-state index is -0.00601. The zero-order valence-corrected chi connectivity index (χ0v) is 15.2. The van der Waals surface area contributed by atoms with Crippen LogP contribution in [0, 0.1) is 0 Å². The van der Waals surface area contributed by atoms with Crippen molar-refractivity contribution in [3.05, 3.63) is 34.4 Å². The van der Waals surface area contributed by atoms with Gasteiger partial charge in [0.2, 0.25) is 0 Å². The molecule has 2 N–H and O–H groups in total. The highest BCUT2D eigenvalue weighted by Crippen LogP contribution is 2.24. The van der Waals surface area contributed by atoms with E-state index in [1.54, 1.807) is 0 Å². The Morgan fingerprint density at radius 2 is 2.30 bits per heavy atom. The van der Waals surface area contributed by atoms with Gasteiger partial charge in [0.1, 0.15) is 5.69 Å². The fraction of sp³-hybridized carbons (Fsp3) is 0.500. The second-order valence-corrected chi connectivity index (χ2v) is 7.21. The Labute approximate surface area is 145 Å². The van der Waals surface area contributed by atoms with Crippen molar-refractivity contribution in [2.75, 3.05) is 19.6 Å². The van der Waals surface area contributed by atoms with Gasteiger partial charge in [-0.25, -0.2) is 0 Å². The van der Waals surface area contributed by atoms with Crippen LogP contribution in [0.1, 0.15) is 43.1 Å². The number of halogens is 1. The monoisotopic (exact) mass is 377 g/mol. The second kappa shape index (κ2) is 7.49. The van der Waals surface area contributed by atoms with Gasteiger partial charge in [0.25, 0.3) is 5.91 Å². The number of aromatic nitrogens is 1. The molecule has 1 aromatic carbocycles. The first kappa shape index (κ1) is 16.5. The first-order valence-electron chi connectivity index (χ1n) is 8.48. The molecule has 124 valence electrons. The maximum absolute atomic E-state index is 12.5. The Hall–Kier alpha value is -1.33. The molecule has 0 spiro atoms. The molecule has 0 unspecified atom stereocenters. The Kier molecular flexibility index (Phi) is 5.38. The maximum Gasteiger partial charge on any atom is 0.267 e. The molecule has 2 heterocycles. The number of H-pyrrole nitrogens is 1. The van der Waals surface area contributed by atoms with E-state index in [0.717, 1.165) is 41.4 Å². The van der Waals surface area contributed by atoms with E-state index in [0.29, 0.717) is 5.69 Å². The van der Waals surface area contributed by atoms with Gasteiger partial charge in [-0.1, -0.05) is 31.9 Å². The molecule has 2 aromatic rings. The highest BCUT2D eigenvalue weighted by Gasteiger charge is 2.24. The molecule has 4 nitrogen and oxygen atoms in total. The van der Waals surface area contributed by atoms with Crippen LogP contribution in [0.4, 0.5) is 0 Å². The summed E-state index contributed by atoms with van der Waals surface area (Å²) in [6.07, 6.45) is 4.84. The van der Waals surface area contributed by atoms with Gasteiger partial charge < -0.3 is 15.2 Å². The quantitative estimate of drug-likeness (QED) is 0.749. The van der Waals surface area contributed by atoms with E-state index in [4.69, 9.17) is 0 Å². The van der Waals surface area contributed by atoms with Crippen molar-refractivity contribution in [3.63, 3.8) is 0 Å². The minimum absolute atomic E-state index is 0.00601. The molecule has 0 aliphatic carbocycles. The Morgan fingerprint density at radius 3 is 3.09 bits per heavy atom. The van der Waals surface area contributed by atoms with Crippen molar-refractivity contribution in [2.45, 2.75) is 38.6 Å². The molecule has 0 saturated carbocycles. The van der Waals surface area contributed by atoms with E-state index >= 15 is 0 Å². The van der Waals surface area contributed by atoms with Crippen LogP contribution in [0.5, 0.6) is 0 Å². The Bertz CT molecular complexity index is 682. The van der Waals surface area contributed by atoms with Crippen LogP contribution in [0.15, 0.2) is 28.7 Å². The molecule has 1 fully saturated rings. The van der Waals surface area contributed by atoms with Crippen molar-refractivity contribution < 1.29 is 4.79 Å². The molecular formula is C18H24BrN3O. The molecule has 23 heavy (non-hydrogen) atoms. The predicted octanol–water partition coefficient (Wildman–Crippen LogP) is 3.92. The largest absolute Gasteiger partial charge is 0.350 e.